The molecule has 1 aliphatic carbocycles. The van der Waals surface area contributed by atoms with E-state index in [1.807, 2.05) is 30.3 Å². The first-order valence-electron chi connectivity index (χ1n) is 8.72. The third kappa shape index (κ3) is 4.47. The van der Waals surface area contributed by atoms with Gasteiger partial charge in [0, 0.05) is 19.3 Å². The van der Waals surface area contributed by atoms with E-state index in [1.54, 1.807) is 25.8 Å². The summed E-state index contributed by atoms with van der Waals surface area (Å²) >= 11 is 0. The van der Waals surface area contributed by atoms with Crippen molar-refractivity contribution in [1.82, 2.24) is 5.32 Å². The number of hydrogen-bond donors (Lipinski definition) is 1. The molecule has 4 nitrogen and oxygen atoms in total. The fourth-order valence-corrected chi connectivity index (χ4v) is 2.97. The van der Waals surface area contributed by atoms with Crippen LogP contribution < -0.4 is 10.2 Å². The second-order valence-electron chi connectivity index (χ2n) is 6.94. The van der Waals surface area contributed by atoms with Gasteiger partial charge in [-0.1, -0.05) is 29.8 Å². The van der Waals surface area contributed by atoms with Crippen molar-refractivity contribution < 1.29 is 9.59 Å². The number of amides is 2. The Labute approximate surface area is 144 Å². The number of allylic oxidation sites excluding steroid dienone is 1. The molecule has 24 heavy (non-hydrogen) atoms. The van der Waals surface area contributed by atoms with Crippen molar-refractivity contribution in [3.8, 4) is 0 Å². The van der Waals surface area contributed by atoms with Gasteiger partial charge in [-0.25, -0.2) is 0 Å². The number of anilines is 1. The van der Waals surface area contributed by atoms with Crippen molar-refractivity contribution in [2.45, 2.75) is 46.0 Å². The van der Waals surface area contributed by atoms with Crippen LogP contribution in [-0.4, -0.2) is 25.4 Å². The Kier molecular flexibility index (Phi) is 6.18. The summed E-state index contributed by atoms with van der Waals surface area (Å²) in [5, 5.41) is 2.93. The summed E-state index contributed by atoms with van der Waals surface area (Å²) in [6.45, 7) is 3.96. The van der Waals surface area contributed by atoms with E-state index < -0.39 is 5.41 Å². The third-order valence-electron chi connectivity index (χ3n) is 4.67. The van der Waals surface area contributed by atoms with Gasteiger partial charge in [0.1, 0.15) is 5.41 Å². The van der Waals surface area contributed by atoms with Gasteiger partial charge in [-0.3, -0.25) is 9.59 Å². The van der Waals surface area contributed by atoms with Crippen molar-refractivity contribution in [3.63, 3.8) is 0 Å². The lowest BCUT2D eigenvalue weighted by Crippen LogP contribution is -2.48. The van der Waals surface area contributed by atoms with Gasteiger partial charge in [0.05, 0.1) is 0 Å². The summed E-state index contributed by atoms with van der Waals surface area (Å²) in [5.74, 6) is -0.422. The first-order chi connectivity index (χ1) is 11.4. The molecular formula is C20H28N2O2. The Morgan fingerprint density at radius 1 is 1.17 bits per heavy atom. The van der Waals surface area contributed by atoms with Crippen LogP contribution >= 0.6 is 0 Å². The van der Waals surface area contributed by atoms with Crippen molar-refractivity contribution in [3.05, 3.63) is 42.0 Å². The van der Waals surface area contributed by atoms with Crippen molar-refractivity contribution >= 4 is 17.5 Å². The number of nitrogens with one attached hydrogen (secondary N) is 1. The molecule has 0 aromatic heterocycles. The number of carbonyl (C=O) groups excluding carboxylic acids is 2. The highest BCUT2D eigenvalue weighted by atomic mass is 16.2. The zero-order valence-corrected chi connectivity index (χ0v) is 15.0. The first-order valence-corrected chi connectivity index (χ1v) is 8.72. The summed E-state index contributed by atoms with van der Waals surface area (Å²) < 4.78 is 0. The van der Waals surface area contributed by atoms with Gasteiger partial charge in [-0.2, -0.15) is 0 Å². The number of nitrogens with zero attached hydrogens (tertiary/aromatic N) is 1. The molecule has 0 unspecified atom stereocenters. The van der Waals surface area contributed by atoms with E-state index in [0.29, 0.717) is 6.54 Å². The molecule has 0 atom stereocenters. The van der Waals surface area contributed by atoms with Crippen LogP contribution in [0.15, 0.2) is 42.0 Å². The van der Waals surface area contributed by atoms with Crippen LogP contribution in [0.25, 0.3) is 0 Å². The van der Waals surface area contributed by atoms with Crippen LogP contribution in [0.1, 0.15) is 46.0 Å². The minimum absolute atomic E-state index is 0.205. The van der Waals surface area contributed by atoms with E-state index in [4.69, 9.17) is 0 Å². The predicted molar refractivity (Wildman–Crippen MR) is 97.8 cm³/mol. The Bertz CT molecular complexity index is 605. The summed E-state index contributed by atoms with van der Waals surface area (Å²) in [4.78, 5) is 26.8. The molecule has 0 saturated carbocycles. The van der Waals surface area contributed by atoms with Gasteiger partial charge in [0.15, 0.2) is 0 Å². The van der Waals surface area contributed by atoms with E-state index >= 15 is 0 Å². The minimum atomic E-state index is -1.09. The van der Waals surface area contributed by atoms with E-state index in [-0.39, 0.29) is 11.8 Å². The van der Waals surface area contributed by atoms with Gasteiger partial charge < -0.3 is 10.2 Å². The Hall–Kier alpha value is -2.10. The Balaban J connectivity index is 1.91. The zero-order chi connectivity index (χ0) is 17.6. The fraction of sp³-hybridized carbons (Fsp3) is 0.500. The maximum atomic E-state index is 12.7. The molecule has 0 aliphatic heterocycles. The lowest BCUT2D eigenvalue weighted by molar-refractivity contribution is -0.139. The largest absolute Gasteiger partial charge is 0.355 e. The highest BCUT2D eigenvalue weighted by Gasteiger charge is 2.38. The number of carbonyl (C=O) groups is 2. The molecule has 2 rings (SSSR count). The van der Waals surface area contributed by atoms with Gasteiger partial charge in [0.2, 0.25) is 11.8 Å². The zero-order valence-electron chi connectivity index (χ0n) is 15.0. The SMILES string of the molecule is CN(C(=O)C(C)(C)C(=O)NCCC1=CCCCC1)c1ccccc1. The van der Waals surface area contributed by atoms with Crippen LogP contribution in [0.4, 0.5) is 5.69 Å². The molecule has 1 aliphatic rings. The van der Waals surface area contributed by atoms with Crippen LogP contribution in [0.2, 0.25) is 0 Å². The Morgan fingerprint density at radius 3 is 2.50 bits per heavy atom. The van der Waals surface area contributed by atoms with Gasteiger partial charge in [-0.05, 0) is 58.1 Å². The van der Waals surface area contributed by atoms with Crippen molar-refractivity contribution in [1.29, 1.82) is 0 Å². The average molecular weight is 328 g/mol. The highest BCUT2D eigenvalue weighted by molar-refractivity contribution is 6.10. The van der Waals surface area contributed by atoms with Gasteiger partial charge >= 0.3 is 0 Å². The number of hydrogen-bond acceptors (Lipinski definition) is 2. The first kappa shape index (κ1) is 18.2. The van der Waals surface area contributed by atoms with Crippen LogP contribution in [0.5, 0.6) is 0 Å². The lowest BCUT2D eigenvalue weighted by Gasteiger charge is -2.28. The molecule has 0 spiro atoms. The molecule has 1 N–H and O–H groups in total. The van der Waals surface area contributed by atoms with Crippen molar-refractivity contribution in [2.24, 2.45) is 5.41 Å². The third-order valence-corrected chi connectivity index (χ3v) is 4.67. The molecule has 0 bridgehead atoms. The fourth-order valence-electron chi connectivity index (χ4n) is 2.97. The molecule has 0 heterocycles. The van der Waals surface area contributed by atoms with Gasteiger partial charge in [0.25, 0.3) is 0 Å². The molecule has 130 valence electrons. The number of benzene rings is 1. The molecular weight excluding hydrogens is 300 g/mol. The summed E-state index contributed by atoms with van der Waals surface area (Å²) in [5.41, 5.74) is 1.12. The maximum absolute atomic E-state index is 12.7. The smallest absolute Gasteiger partial charge is 0.241 e. The molecule has 2 amide bonds. The van der Waals surface area contributed by atoms with Crippen LogP contribution in [0.3, 0.4) is 0 Å². The quantitative estimate of drug-likeness (QED) is 0.639. The minimum Gasteiger partial charge on any atom is -0.355 e. The summed E-state index contributed by atoms with van der Waals surface area (Å²) in [7, 11) is 1.71. The van der Waals surface area contributed by atoms with E-state index in [2.05, 4.69) is 11.4 Å². The topological polar surface area (TPSA) is 49.4 Å². The predicted octanol–water partition coefficient (Wildman–Crippen LogP) is 3.68. The Morgan fingerprint density at radius 2 is 1.88 bits per heavy atom. The molecule has 4 heteroatoms. The number of rotatable bonds is 6. The molecule has 1 aromatic rings. The molecule has 0 radical (unpaired) electrons. The molecule has 0 saturated heterocycles. The van der Waals surface area contributed by atoms with E-state index in [0.717, 1.165) is 24.9 Å². The number of para-hydroxylation sites is 1. The van der Waals surface area contributed by atoms with E-state index in [1.165, 1.54) is 18.4 Å². The van der Waals surface area contributed by atoms with Crippen LogP contribution in [-0.2, 0) is 9.59 Å². The van der Waals surface area contributed by atoms with E-state index in [9.17, 15) is 9.59 Å². The van der Waals surface area contributed by atoms with Gasteiger partial charge in [-0.15, -0.1) is 0 Å². The van der Waals surface area contributed by atoms with Crippen molar-refractivity contribution in [2.75, 3.05) is 18.5 Å². The standard InChI is InChI=1S/C20H28N2O2/c1-20(2,19(24)22(3)17-12-8-5-9-13-17)18(23)21-15-14-16-10-6-4-7-11-16/h5,8-10,12-13H,4,6-7,11,14-15H2,1-3H3,(H,21,23). The molecule has 1 aromatic carbocycles. The second kappa shape index (κ2) is 8.13. The van der Waals surface area contributed by atoms with Crippen LogP contribution in [0, 0.1) is 5.41 Å². The monoisotopic (exact) mass is 328 g/mol. The average Bonchev–Trinajstić information content (AvgIpc) is 2.62. The second-order valence-corrected chi connectivity index (χ2v) is 6.94. The summed E-state index contributed by atoms with van der Waals surface area (Å²) in [6, 6.07) is 9.39. The lowest BCUT2D eigenvalue weighted by atomic mass is 9.90. The molecule has 0 fully saturated rings. The highest BCUT2D eigenvalue weighted by Crippen LogP contribution is 2.23. The summed E-state index contributed by atoms with van der Waals surface area (Å²) in [6.07, 6.45) is 7.96. The maximum Gasteiger partial charge on any atom is 0.241 e. The normalized spacial score (nSPS) is 14.7.